The van der Waals surface area contributed by atoms with E-state index in [1.165, 1.54) is 13.0 Å². The van der Waals surface area contributed by atoms with E-state index in [4.69, 9.17) is 4.52 Å². The van der Waals surface area contributed by atoms with Crippen LogP contribution in [0, 0.1) is 11.3 Å². The van der Waals surface area contributed by atoms with E-state index in [0.29, 0.717) is 17.0 Å². The van der Waals surface area contributed by atoms with Gasteiger partial charge in [-0.2, -0.15) is 15.5 Å². The molecule has 0 N–H and O–H groups in total. The molecule has 0 aliphatic rings. The number of azo groups is 1. The van der Waals surface area contributed by atoms with Gasteiger partial charge in [0, 0.05) is 17.0 Å². The first-order valence-corrected chi connectivity index (χ1v) is 7.65. The normalized spacial score (nSPS) is 12.8. The monoisotopic (exact) mass is 338 g/mol. The van der Waals surface area contributed by atoms with Gasteiger partial charge in [-0.3, -0.25) is 9.59 Å². The number of benzene rings is 1. The molecule has 0 spiro atoms. The van der Waals surface area contributed by atoms with Crippen LogP contribution in [0.15, 0.2) is 45.1 Å². The Balaban J connectivity index is 2.21. The van der Waals surface area contributed by atoms with Crippen molar-refractivity contribution >= 4 is 17.3 Å². The van der Waals surface area contributed by atoms with Crippen LogP contribution in [0.4, 0.5) is 5.69 Å². The first kappa shape index (κ1) is 18.2. The van der Waals surface area contributed by atoms with E-state index < -0.39 is 11.8 Å². The van der Waals surface area contributed by atoms with Gasteiger partial charge < -0.3 is 4.52 Å². The average molecular weight is 338 g/mol. The summed E-state index contributed by atoms with van der Waals surface area (Å²) in [7, 11) is 0. The van der Waals surface area contributed by atoms with Crippen LogP contribution in [0.3, 0.4) is 0 Å². The third-order valence-electron chi connectivity index (χ3n) is 3.41. The molecule has 7 heteroatoms. The van der Waals surface area contributed by atoms with Crippen molar-refractivity contribution in [3.63, 3.8) is 0 Å². The minimum atomic E-state index is -1.33. The Kier molecular flexibility index (Phi) is 5.22. The lowest BCUT2D eigenvalue weighted by molar-refractivity contribution is 0.0968. The zero-order valence-electron chi connectivity index (χ0n) is 14.5. The van der Waals surface area contributed by atoms with Crippen molar-refractivity contribution in [2.75, 3.05) is 0 Å². The molecule has 2 rings (SSSR count). The zero-order valence-corrected chi connectivity index (χ0v) is 14.5. The summed E-state index contributed by atoms with van der Waals surface area (Å²) in [6.07, 6.45) is 0. The van der Waals surface area contributed by atoms with Crippen molar-refractivity contribution in [2.45, 2.75) is 39.2 Å². The van der Waals surface area contributed by atoms with Crippen LogP contribution in [0.25, 0.3) is 0 Å². The van der Waals surface area contributed by atoms with Crippen LogP contribution in [0.5, 0.6) is 0 Å². The molecule has 0 saturated heterocycles. The van der Waals surface area contributed by atoms with Crippen molar-refractivity contribution in [3.8, 4) is 6.07 Å². The van der Waals surface area contributed by atoms with E-state index in [9.17, 15) is 14.9 Å². The van der Waals surface area contributed by atoms with Gasteiger partial charge in [0.1, 0.15) is 11.8 Å². The van der Waals surface area contributed by atoms with Gasteiger partial charge in [-0.1, -0.05) is 38.1 Å². The molecule has 0 amide bonds. The molecule has 0 aliphatic carbocycles. The molecule has 0 aliphatic heterocycles. The lowest BCUT2D eigenvalue weighted by Gasteiger charge is -2.12. The topological polar surface area (TPSA) is 109 Å². The van der Waals surface area contributed by atoms with Crippen molar-refractivity contribution in [2.24, 2.45) is 10.2 Å². The number of nitrogens with zero attached hydrogens (tertiary/aromatic N) is 4. The average Bonchev–Trinajstić information content (AvgIpc) is 3.05. The van der Waals surface area contributed by atoms with Crippen LogP contribution in [-0.2, 0) is 5.41 Å². The van der Waals surface area contributed by atoms with E-state index in [0.717, 1.165) is 0 Å². The fourth-order valence-corrected chi connectivity index (χ4v) is 1.93. The van der Waals surface area contributed by atoms with Crippen molar-refractivity contribution < 1.29 is 14.1 Å². The number of carbonyl (C=O) groups is 2. The Morgan fingerprint density at radius 1 is 1.28 bits per heavy atom. The maximum absolute atomic E-state index is 12.4. The van der Waals surface area contributed by atoms with Crippen LogP contribution in [-0.4, -0.2) is 22.8 Å². The summed E-state index contributed by atoms with van der Waals surface area (Å²) in [5.41, 5.74) is 0.592. The highest BCUT2D eigenvalue weighted by molar-refractivity contribution is 6.00. The Bertz CT molecular complexity index is 869. The van der Waals surface area contributed by atoms with Crippen LogP contribution in [0.1, 0.15) is 54.3 Å². The number of nitriles is 1. The van der Waals surface area contributed by atoms with Gasteiger partial charge in [0.15, 0.2) is 11.5 Å². The van der Waals surface area contributed by atoms with Crippen molar-refractivity contribution in [1.82, 2.24) is 5.16 Å². The Morgan fingerprint density at radius 2 is 2.00 bits per heavy atom. The summed E-state index contributed by atoms with van der Waals surface area (Å²) in [6, 6.07) is 8.45. The van der Waals surface area contributed by atoms with Gasteiger partial charge in [-0.05, 0) is 19.1 Å². The van der Waals surface area contributed by atoms with Gasteiger partial charge in [0.2, 0.25) is 11.8 Å². The van der Waals surface area contributed by atoms with Gasteiger partial charge in [-0.15, -0.1) is 0 Å². The predicted molar refractivity (Wildman–Crippen MR) is 89.9 cm³/mol. The van der Waals surface area contributed by atoms with E-state index in [-0.39, 0.29) is 16.9 Å². The molecule has 1 unspecified atom stereocenters. The van der Waals surface area contributed by atoms with Crippen molar-refractivity contribution in [3.05, 3.63) is 47.3 Å². The van der Waals surface area contributed by atoms with E-state index >= 15 is 0 Å². The van der Waals surface area contributed by atoms with Gasteiger partial charge in [0.05, 0.1) is 5.69 Å². The maximum atomic E-state index is 12.4. The largest absolute Gasteiger partial charge is 0.360 e. The summed E-state index contributed by atoms with van der Waals surface area (Å²) in [5.74, 6) is -0.158. The Hall–Kier alpha value is -3.14. The molecule has 1 aromatic carbocycles. The number of rotatable bonds is 5. The minimum absolute atomic E-state index is 0.0351. The molecule has 0 fully saturated rings. The Labute approximate surface area is 145 Å². The summed E-state index contributed by atoms with van der Waals surface area (Å²) in [5, 5.41) is 20.6. The standard InChI is InChI=1S/C18H18N4O3/c1-11(23)12-6-5-7-13(8-12)20-21-15(10-19)17(24)14-9-16(25-22-14)18(2,3)4/h5-9,15H,1-4H3. The Morgan fingerprint density at radius 3 is 2.56 bits per heavy atom. The summed E-state index contributed by atoms with van der Waals surface area (Å²) in [6.45, 7) is 7.21. The molecule has 1 atom stereocenters. The summed E-state index contributed by atoms with van der Waals surface area (Å²) < 4.78 is 5.16. The highest BCUT2D eigenvalue weighted by atomic mass is 16.5. The molecule has 0 bridgehead atoms. The van der Waals surface area contributed by atoms with E-state index in [1.54, 1.807) is 30.3 Å². The number of carbonyl (C=O) groups excluding carboxylic acids is 2. The second-order valence-corrected chi connectivity index (χ2v) is 6.54. The predicted octanol–water partition coefficient (Wildman–Crippen LogP) is 4.03. The van der Waals surface area contributed by atoms with Crippen LogP contribution in [0.2, 0.25) is 0 Å². The van der Waals surface area contributed by atoms with E-state index in [1.807, 2.05) is 20.8 Å². The SMILES string of the molecule is CC(=O)c1cccc(N=NC(C#N)C(=O)c2cc(C(C)(C)C)on2)c1. The first-order valence-electron chi connectivity index (χ1n) is 7.65. The molecular formula is C18H18N4O3. The number of ketones is 2. The molecular weight excluding hydrogens is 320 g/mol. The van der Waals surface area contributed by atoms with Gasteiger partial charge >= 0.3 is 0 Å². The fraction of sp³-hybridized carbons (Fsp3) is 0.333. The van der Waals surface area contributed by atoms with Gasteiger partial charge in [0.25, 0.3) is 0 Å². The lowest BCUT2D eigenvalue weighted by Crippen LogP contribution is -2.16. The van der Waals surface area contributed by atoms with E-state index in [2.05, 4.69) is 15.4 Å². The fourth-order valence-electron chi connectivity index (χ4n) is 1.93. The number of hydrogen-bond acceptors (Lipinski definition) is 7. The first-order chi connectivity index (χ1) is 11.7. The van der Waals surface area contributed by atoms with Crippen LogP contribution >= 0.6 is 0 Å². The quantitative estimate of drug-likeness (QED) is 0.604. The number of Topliss-reactive ketones (excluding diaryl/α,β-unsaturated/α-hetero) is 2. The van der Waals surface area contributed by atoms with Gasteiger partial charge in [-0.25, -0.2) is 0 Å². The molecule has 128 valence electrons. The third kappa shape index (κ3) is 4.44. The number of hydrogen-bond donors (Lipinski definition) is 0. The number of aromatic nitrogens is 1. The second-order valence-electron chi connectivity index (χ2n) is 6.54. The third-order valence-corrected chi connectivity index (χ3v) is 3.41. The molecule has 2 aromatic rings. The molecule has 25 heavy (non-hydrogen) atoms. The lowest BCUT2D eigenvalue weighted by atomic mass is 9.93. The van der Waals surface area contributed by atoms with Crippen LogP contribution < -0.4 is 0 Å². The zero-order chi connectivity index (χ0) is 18.6. The molecule has 0 saturated carbocycles. The smallest absolute Gasteiger partial charge is 0.225 e. The second kappa shape index (κ2) is 7.18. The minimum Gasteiger partial charge on any atom is -0.360 e. The molecule has 1 aromatic heterocycles. The maximum Gasteiger partial charge on any atom is 0.225 e. The molecule has 7 nitrogen and oxygen atoms in total. The highest BCUT2D eigenvalue weighted by Crippen LogP contribution is 2.23. The summed E-state index contributed by atoms with van der Waals surface area (Å²) in [4.78, 5) is 23.7. The molecule has 1 heterocycles. The molecule has 0 radical (unpaired) electrons. The highest BCUT2D eigenvalue weighted by Gasteiger charge is 2.26. The van der Waals surface area contributed by atoms with Crippen molar-refractivity contribution in [1.29, 1.82) is 5.26 Å². The summed E-state index contributed by atoms with van der Waals surface area (Å²) >= 11 is 0.